The first-order valence-corrected chi connectivity index (χ1v) is 6.49. The SMILES string of the molecule is CC1CCCC(Oc2ncccc2CCl)C1. The fraction of sp³-hybridized carbons (Fsp3) is 0.615. The maximum atomic E-state index is 5.95. The monoisotopic (exact) mass is 239 g/mol. The van der Waals surface area contributed by atoms with Crippen molar-refractivity contribution in [2.24, 2.45) is 5.92 Å². The minimum absolute atomic E-state index is 0.320. The molecule has 1 fully saturated rings. The van der Waals surface area contributed by atoms with Crippen LogP contribution in [-0.4, -0.2) is 11.1 Å². The molecule has 1 aromatic rings. The Kier molecular flexibility index (Phi) is 4.05. The van der Waals surface area contributed by atoms with Crippen molar-refractivity contribution in [1.29, 1.82) is 0 Å². The largest absolute Gasteiger partial charge is 0.474 e. The molecule has 0 aromatic carbocycles. The standard InChI is InChI=1S/C13H18ClNO/c1-10-4-2-6-12(8-10)16-13-11(9-14)5-3-7-15-13/h3,5,7,10,12H,2,4,6,8-9H2,1H3. The van der Waals surface area contributed by atoms with Crippen molar-refractivity contribution in [3.63, 3.8) is 0 Å². The molecule has 0 aliphatic heterocycles. The number of nitrogens with zero attached hydrogens (tertiary/aromatic N) is 1. The molecular formula is C13H18ClNO. The van der Waals surface area contributed by atoms with E-state index in [9.17, 15) is 0 Å². The van der Waals surface area contributed by atoms with E-state index in [0.29, 0.717) is 12.0 Å². The normalized spacial score (nSPS) is 25.4. The first kappa shape index (κ1) is 11.7. The van der Waals surface area contributed by atoms with Gasteiger partial charge in [0.25, 0.3) is 0 Å². The zero-order chi connectivity index (χ0) is 11.4. The molecule has 0 bridgehead atoms. The molecule has 0 saturated heterocycles. The molecular weight excluding hydrogens is 222 g/mol. The molecule has 1 aliphatic carbocycles. The topological polar surface area (TPSA) is 22.1 Å². The van der Waals surface area contributed by atoms with Crippen molar-refractivity contribution in [2.45, 2.75) is 44.6 Å². The van der Waals surface area contributed by atoms with E-state index in [0.717, 1.165) is 30.2 Å². The molecule has 1 heterocycles. The van der Waals surface area contributed by atoms with E-state index in [4.69, 9.17) is 16.3 Å². The predicted octanol–water partition coefficient (Wildman–Crippen LogP) is 3.78. The third-order valence-electron chi connectivity index (χ3n) is 3.16. The lowest BCUT2D eigenvalue weighted by Gasteiger charge is -2.27. The van der Waals surface area contributed by atoms with Gasteiger partial charge in [-0.1, -0.05) is 19.4 Å². The van der Waals surface area contributed by atoms with E-state index >= 15 is 0 Å². The zero-order valence-corrected chi connectivity index (χ0v) is 10.4. The smallest absolute Gasteiger partial charge is 0.218 e. The van der Waals surface area contributed by atoms with Crippen molar-refractivity contribution in [1.82, 2.24) is 4.98 Å². The summed E-state index contributed by atoms with van der Waals surface area (Å²) in [5, 5.41) is 0. The molecule has 2 nitrogen and oxygen atoms in total. The zero-order valence-electron chi connectivity index (χ0n) is 9.66. The van der Waals surface area contributed by atoms with Crippen LogP contribution >= 0.6 is 11.6 Å². The molecule has 1 aromatic heterocycles. The van der Waals surface area contributed by atoms with Gasteiger partial charge in [-0.3, -0.25) is 0 Å². The second kappa shape index (κ2) is 5.53. The van der Waals surface area contributed by atoms with Gasteiger partial charge in [-0.2, -0.15) is 0 Å². The first-order valence-electron chi connectivity index (χ1n) is 5.96. The van der Waals surface area contributed by atoms with Crippen molar-refractivity contribution in [2.75, 3.05) is 0 Å². The predicted molar refractivity (Wildman–Crippen MR) is 65.8 cm³/mol. The number of alkyl halides is 1. The lowest BCUT2D eigenvalue weighted by Crippen LogP contribution is -2.24. The summed E-state index contributed by atoms with van der Waals surface area (Å²) in [4.78, 5) is 4.26. The van der Waals surface area contributed by atoms with Crippen LogP contribution in [0.2, 0.25) is 0 Å². The van der Waals surface area contributed by atoms with Gasteiger partial charge in [0.2, 0.25) is 5.88 Å². The van der Waals surface area contributed by atoms with Crippen LogP contribution in [0.1, 0.15) is 38.2 Å². The fourth-order valence-corrected chi connectivity index (χ4v) is 2.48. The number of ether oxygens (including phenoxy) is 1. The van der Waals surface area contributed by atoms with Gasteiger partial charge < -0.3 is 4.74 Å². The van der Waals surface area contributed by atoms with Crippen LogP contribution in [0, 0.1) is 5.92 Å². The Balaban J connectivity index is 2.02. The number of hydrogen-bond donors (Lipinski definition) is 0. The maximum Gasteiger partial charge on any atom is 0.218 e. The average molecular weight is 240 g/mol. The summed E-state index contributed by atoms with van der Waals surface area (Å²) in [6, 6.07) is 3.87. The lowest BCUT2D eigenvalue weighted by molar-refractivity contribution is 0.123. The van der Waals surface area contributed by atoms with E-state index < -0.39 is 0 Å². The van der Waals surface area contributed by atoms with Gasteiger partial charge >= 0.3 is 0 Å². The van der Waals surface area contributed by atoms with Gasteiger partial charge in [-0.25, -0.2) is 4.98 Å². The van der Waals surface area contributed by atoms with E-state index in [1.165, 1.54) is 12.8 Å². The van der Waals surface area contributed by atoms with E-state index in [1.54, 1.807) is 6.20 Å². The van der Waals surface area contributed by atoms with Crippen LogP contribution in [0.4, 0.5) is 0 Å². The van der Waals surface area contributed by atoms with Crippen molar-refractivity contribution in [3.8, 4) is 5.88 Å². The summed E-state index contributed by atoms with van der Waals surface area (Å²) in [6.07, 6.45) is 6.94. The summed E-state index contributed by atoms with van der Waals surface area (Å²) < 4.78 is 5.95. The van der Waals surface area contributed by atoms with Gasteiger partial charge in [0.1, 0.15) is 6.10 Å². The van der Waals surface area contributed by atoms with Crippen molar-refractivity contribution < 1.29 is 4.74 Å². The molecule has 1 aliphatic rings. The molecule has 0 N–H and O–H groups in total. The van der Waals surface area contributed by atoms with Crippen molar-refractivity contribution >= 4 is 11.6 Å². The molecule has 0 amide bonds. The molecule has 2 rings (SSSR count). The molecule has 16 heavy (non-hydrogen) atoms. The van der Waals surface area contributed by atoms with Crippen LogP contribution in [0.5, 0.6) is 5.88 Å². The lowest BCUT2D eigenvalue weighted by atomic mass is 9.89. The van der Waals surface area contributed by atoms with Crippen LogP contribution in [0.25, 0.3) is 0 Å². The van der Waals surface area contributed by atoms with E-state index in [-0.39, 0.29) is 0 Å². The van der Waals surface area contributed by atoms with E-state index in [1.807, 2.05) is 12.1 Å². The Morgan fingerprint density at radius 3 is 3.12 bits per heavy atom. The Morgan fingerprint density at radius 1 is 1.50 bits per heavy atom. The van der Waals surface area contributed by atoms with Crippen molar-refractivity contribution in [3.05, 3.63) is 23.9 Å². The number of aromatic nitrogens is 1. The van der Waals surface area contributed by atoms with Gasteiger partial charge in [-0.15, -0.1) is 11.6 Å². The quantitative estimate of drug-likeness (QED) is 0.749. The highest BCUT2D eigenvalue weighted by Gasteiger charge is 2.21. The fourth-order valence-electron chi connectivity index (χ4n) is 2.28. The van der Waals surface area contributed by atoms with Crippen LogP contribution < -0.4 is 4.74 Å². The highest BCUT2D eigenvalue weighted by atomic mass is 35.5. The molecule has 3 heteroatoms. The highest BCUT2D eigenvalue weighted by molar-refractivity contribution is 6.17. The summed E-state index contributed by atoms with van der Waals surface area (Å²) in [5.74, 6) is 1.95. The molecule has 2 unspecified atom stereocenters. The second-order valence-corrected chi connectivity index (χ2v) is 4.88. The summed E-state index contributed by atoms with van der Waals surface area (Å²) in [5.41, 5.74) is 0.988. The first-order chi connectivity index (χ1) is 7.79. The van der Waals surface area contributed by atoms with Gasteiger partial charge in [0.15, 0.2) is 0 Å². The minimum atomic E-state index is 0.320. The van der Waals surface area contributed by atoms with Gasteiger partial charge in [0, 0.05) is 11.8 Å². The Morgan fingerprint density at radius 2 is 2.38 bits per heavy atom. The highest BCUT2D eigenvalue weighted by Crippen LogP contribution is 2.28. The third-order valence-corrected chi connectivity index (χ3v) is 3.45. The second-order valence-electron chi connectivity index (χ2n) is 4.61. The maximum absolute atomic E-state index is 5.95. The summed E-state index contributed by atoms with van der Waals surface area (Å²) in [7, 11) is 0. The average Bonchev–Trinajstić information content (AvgIpc) is 2.30. The summed E-state index contributed by atoms with van der Waals surface area (Å²) in [6.45, 7) is 2.29. The number of halogens is 1. The van der Waals surface area contributed by atoms with Crippen LogP contribution in [0.15, 0.2) is 18.3 Å². The molecule has 88 valence electrons. The Labute approximate surface area is 102 Å². The molecule has 0 spiro atoms. The van der Waals surface area contributed by atoms with Crippen LogP contribution in [-0.2, 0) is 5.88 Å². The summed E-state index contributed by atoms with van der Waals surface area (Å²) >= 11 is 5.86. The minimum Gasteiger partial charge on any atom is -0.474 e. The molecule has 2 atom stereocenters. The van der Waals surface area contributed by atoms with Gasteiger partial charge in [0.05, 0.1) is 5.88 Å². The van der Waals surface area contributed by atoms with Gasteiger partial charge in [-0.05, 0) is 31.2 Å². The number of pyridine rings is 1. The molecule has 0 radical (unpaired) electrons. The third kappa shape index (κ3) is 2.88. The Hall–Kier alpha value is -0.760. The number of rotatable bonds is 3. The van der Waals surface area contributed by atoms with Crippen LogP contribution in [0.3, 0.4) is 0 Å². The number of hydrogen-bond acceptors (Lipinski definition) is 2. The van der Waals surface area contributed by atoms with E-state index in [2.05, 4.69) is 11.9 Å². The molecule has 1 saturated carbocycles. The Bertz CT molecular complexity index is 342.